The van der Waals surface area contributed by atoms with Crippen LogP contribution >= 0.6 is 11.3 Å². The number of para-hydroxylation sites is 1. The van der Waals surface area contributed by atoms with Crippen molar-refractivity contribution >= 4 is 23.0 Å². The Hall–Kier alpha value is -2.01. The number of esters is 1. The van der Waals surface area contributed by atoms with Gasteiger partial charge in [0.2, 0.25) is 0 Å². The molecule has 1 atom stereocenters. The number of aryl methyl sites for hydroxylation is 1. The van der Waals surface area contributed by atoms with Crippen LogP contribution in [-0.2, 0) is 9.53 Å². The van der Waals surface area contributed by atoms with Crippen molar-refractivity contribution in [2.75, 3.05) is 19.5 Å². The Morgan fingerprint density at radius 3 is 2.65 bits per heavy atom. The number of benzene rings is 1. The number of carbonyl (C=O) groups is 1. The summed E-state index contributed by atoms with van der Waals surface area (Å²) in [5.74, 6) is 0.383. The van der Waals surface area contributed by atoms with Crippen molar-refractivity contribution in [2.45, 2.75) is 13.0 Å². The van der Waals surface area contributed by atoms with Crippen LogP contribution in [0.3, 0.4) is 0 Å². The molecular weight excluding hydrogens is 274 g/mol. The molecule has 0 unspecified atom stereocenters. The largest absolute Gasteiger partial charge is 0.495 e. The minimum Gasteiger partial charge on any atom is -0.495 e. The second-order valence-electron chi connectivity index (χ2n) is 4.27. The first kappa shape index (κ1) is 14.4. The zero-order valence-electron chi connectivity index (χ0n) is 11.7. The molecule has 0 aliphatic carbocycles. The Kier molecular flexibility index (Phi) is 4.63. The van der Waals surface area contributed by atoms with Crippen molar-refractivity contribution in [2.24, 2.45) is 0 Å². The molecule has 0 amide bonds. The Bertz CT molecular complexity index is 581. The van der Waals surface area contributed by atoms with E-state index in [0.717, 1.165) is 16.1 Å². The molecule has 0 saturated carbocycles. The van der Waals surface area contributed by atoms with Crippen LogP contribution in [0.25, 0.3) is 0 Å². The maximum absolute atomic E-state index is 12.0. The highest BCUT2D eigenvalue weighted by atomic mass is 32.1. The molecule has 0 aliphatic rings. The first-order valence-electron chi connectivity index (χ1n) is 6.18. The maximum atomic E-state index is 12.0. The third-order valence-electron chi connectivity index (χ3n) is 3.01. The van der Waals surface area contributed by atoms with Crippen LogP contribution in [0.5, 0.6) is 5.75 Å². The molecular formula is C15H17NO3S. The van der Waals surface area contributed by atoms with Gasteiger partial charge in [-0.15, -0.1) is 11.3 Å². The lowest BCUT2D eigenvalue weighted by Gasteiger charge is -2.20. The van der Waals surface area contributed by atoms with Gasteiger partial charge in [0.05, 0.1) is 19.9 Å². The van der Waals surface area contributed by atoms with E-state index >= 15 is 0 Å². The molecule has 2 rings (SSSR count). The summed E-state index contributed by atoms with van der Waals surface area (Å²) in [6, 6.07) is 9.02. The SMILES string of the molecule is COC(=O)[C@H](Nc1c(C)cccc1OC)c1cccs1. The number of hydrogen-bond acceptors (Lipinski definition) is 5. The van der Waals surface area contributed by atoms with Crippen molar-refractivity contribution in [3.05, 3.63) is 46.2 Å². The molecule has 20 heavy (non-hydrogen) atoms. The van der Waals surface area contributed by atoms with Crippen molar-refractivity contribution in [1.29, 1.82) is 0 Å². The molecule has 0 aliphatic heterocycles. The van der Waals surface area contributed by atoms with Gasteiger partial charge in [-0.2, -0.15) is 0 Å². The molecule has 1 N–H and O–H groups in total. The highest BCUT2D eigenvalue weighted by molar-refractivity contribution is 7.10. The van der Waals surface area contributed by atoms with Crippen LogP contribution in [0.4, 0.5) is 5.69 Å². The minimum atomic E-state index is -0.532. The van der Waals surface area contributed by atoms with Crippen molar-refractivity contribution < 1.29 is 14.3 Å². The van der Waals surface area contributed by atoms with Crippen LogP contribution in [-0.4, -0.2) is 20.2 Å². The minimum absolute atomic E-state index is 0.322. The lowest BCUT2D eigenvalue weighted by atomic mass is 10.1. The number of thiophene rings is 1. The fourth-order valence-corrected chi connectivity index (χ4v) is 2.72. The second kappa shape index (κ2) is 6.43. The molecule has 1 aromatic carbocycles. The van der Waals surface area contributed by atoms with Gasteiger partial charge in [0.25, 0.3) is 0 Å². The summed E-state index contributed by atoms with van der Waals surface area (Å²) >= 11 is 1.51. The summed E-state index contributed by atoms with van der Waals surface area (Å²) in [4.78, 5) is 12.9. The first-order valence-corrected chi connectivity index (χ1v) is 7.06. The highest BCUT2D eigenvalue weighted by Gasteiger charge is 2.24. The Morgan fingerprint density at radius 2 is 2.05 bits per heavy atom. The standard InChI is InChI=1S/C15H17NO3S/c1-10-6-4-7-11(18-2)13(10)16-14(15(17)19-3)12-8-5-9-20-12/h4-9,14,16H,1-3H3/t14-/m1/s1. The van der Waals surface area contributed by atoms with Gasteiger partial charge in [0, 0.05) is 4.88 Å². The molecule has 1 aromatic heterocycles. The summed E-state index contributed by atoms with van der Waals surface area (Å²) in [7, 11) is 3.00. The normalized spacial score (nSPS) is 11.8. The molecule has 1 heterocycles. The highest BCUT2D eigenvalue weighted by Crippen LogP contribution is 2.32. The van der Waals surface area contributed by atoms with E-state index < -0.39 is 6.04 Å². The zero-order chi connectivity index (χ0) is 14.5. The van der Waals surface area contributed by atoms with Crippen LogP contribution in [0.1, 0.15) is 16.5 Å². The molecule has 0 spiro atoms. The second-order valence-corrected chi connectivity index (χ2v) is 5.25. The van der Waals surface area contributed by atoms with Gasteiger partial charge in [-0.25, -0.2) is 4.79 Å². The van der Waals surface area contributed by atoms with Crippen LogP contribution in [0.15, 0.2) is 35.7 Å². The fraction of sp³-hybridized carbons (Fsp3) is 0.267. The summed E-state index contributed by atoms with van der Waals surface area (Å²) in [6.45, 7) is 1.97. The third-order valence-corrected chi connectivity index (χ3v) is 3.94. The summed E-state index contributed by atoms with van der Waals surface area (Å²) in [5.41, 5.74) is 1.81. The average molecular weight is 291 g/mol. The van der Waals surface area contributed by atoms with Crippen molar-refractivity contribution in [3.63, 3.8) is 0 Å². The monoisotopic (exact) mass is 291 g/mol. The molecule has 4 nitrogen and oxygen atoms in total. The van der Waals surface area contributed by atoms with E-state index in [4.69, 9.17) is 9.47 Å². The van der Waals surface area contributed by atoms with E-state index in [-0.39, 0.29) is 5.97 Å². The van der Waals surface area contributed by atoms with Gasteiger partial charge >= 0.3 is 5.97 Å². The molecule has 5 heteroatoms. The quantitative estimate of drug-likeness (QED) is 0.858. The van der Waals surface area contributed by atoms with E-state index in [0.29, 0.717) is 5.75 Å². The summed E-state index contributed by atoms with van der Waals surface area (Å²) in [6.07, 6.45) is 0. The van der Waals surface area contributed by atoms with Crippen LogP contribution < -0.4 is 10.1 Å². The smallest absolute Gasteiger partial charge is 0.333 e. The predicted octanol–water partition coefficient (Wildman–Crippen LogP) is 3.39. The third kappa shape index (κ3) is 2.93. The summed E-state index contributed by atoms with van der Waals surface area (Å²) < 4.78 is 10.2. The summed E-state index contributed by atoms with van der Waals surface area (Å²) in [5, 5.41) is 5.16. The molecule has 0 radical (unpaired) electrons. The molecule has 2 aromatic rings. The van der Waals surface area contributed by atoms with E-state index in [2.05, 4.69) is 5.32 Å². The topological polar surface area (TPSA) is 47.6 Å². The molecule has 0 fully saturated rings. The predicted molar refractivity (Wildman–Crippen MR) is 80.4 cm³/mol. The Balaban J connectivity index is 2.36. The number of ether oxygens (including phenoxy) is 2. The zero-order valence-corrected chi connectivity index (χ0v) is 12.5. The molecule has 0 saturated heterocycles. The Labute approximate surface area is 122 Å². The van der Waals surface area contributed by atoms with E-state index in [1.54, 1.807) is 7.11 Å². The number of hydrogen-bond donors (Lipinski definition) is 1. The Morgan fingerprint density at radius 1 is 1.25 bits per heavy atom. The number of carbonyl (C=O) groups excluding carboxylic acids is 1. The van der Waals surface area contributed by atoms with Gasteiger partial charge in [0.1, 0.15) is 5.75 Å². The van der Waals surface area contributed by atoms with Crippen molar-refractivity contribution in [1.82, 2.24) is 0 Å². The first-order chi connectivity index (χ1) is 9.67. The van der Waals surface area contributed by atoms with E-state index in [9.17, 15) is 4.79 Å². The number of rotatable bonds is 5. The van der Waals surface area contributed by atoms with Crippen molar-refractivity contribution in [3.8, 4) is 5.75 Å². The number of anilines is 1. The lowest BCUT2D eigenvalue weighted by Crippen LogP contribution is -2.22. The van der Waals surface area contributed by atoms with Gasteiger partial charge in [0.15, 0.2) is 6.04 Å². The van der Waals surface area contributed by atoms with Gasteiger partial charge in [-0.3, -0.25) is 0 Å². The van der Waals surface area contributed by atoms with E-state index in [1.165, 1.54) is 18.4 Å². The van der Waals surface area contributed by atoms with Gasteiger partial charge in [-0.1, -0.05) is 18.2 Å². The average Bonchev–Trinajstić information content (AvgIpc) is 2.98. The van der Waals surface area contributed by atoms with Crippen LogP contribution in [0, 0.1) is 6.92 Å². The molecule has 0 bridgehead atoms. The number of methoxy groups -OCH3 is 2. The van der Waals surface area contributed by atoms with Gasteiger partial charge in [-0.05, 0) is 30.0 Å². The number of nitrogens with one attached hydrogen (secondary N) is 1. The van der Waals surface area contributed by atoms with E-state index in [1.807, 2.05) is 42.6 Å². The van der Waals surface area contributed by atoms with Gasteiger partial charge < -0.3 is 14.8 Å². The lowest BCUT2D eigenvalue weighted by molar-refractivity contribution is -0.141. The van der Waals surface area contributed by atoms with Crippen LogP contribution in [0.2, 0.25) is 0 Å². The maximum Gasteiger partial charge on any atom is 0.333 e. The molecule has 106 valence electrons. The fourth-order valence-electron chi connectivity index (χ4n) is 1.96.